The fraction of sp³-hybridized carbons (Fsp3) is 0.619. The summed E-state index contributed by atoms with van der Waals surface area (Å²) in [6.45, 7) is 3.97. The lowest BCUT2D eigenvalue weighted by atomic mass is 10.0. The molecule has 2 heterocycles. The third-order valence-corrected chi connectivity index (χ3v) is 8.34. The van der Waals surface area contributed by atoms with E-state index in [1.165, 1.54) is 11.4 Å². The molecule has 3 rings (SSSR count). The van der Waals surface area contributed by atoms with Crippen LogP contribution in [-0.2, 0) is 24.3 Å². The van der Waals surface area contributed by atoms with E-state index in [0.717, 1.165) is 0 Å². The number of methoxy groups -OCH3 is 1. The van der Waals surface area contributed by atoms with E-state index in [1.807, 2.05) is 17.9 Å². The molecule has 2 unspecified atom stereocenters. The van der Waals surface area contributed by atoms with Crippen LogP contribution >= 0.6 is 11.6 Å². The average molecular weight is 472 g/mol. The van der Waals surface area contributed by atoms with Crippen molar-refractivity contribution < 1.29 is 22.7 Å². The highest BCUT2D eigenvalue weighted by atomic mass is 35.5. The Balaban J connectivity index is 1.70. The first kappa shape index (κ1) is 24.0. The summed E-state index contributed by atoms with van der Waals surface area (Å²) >= 11 is 6.33. The third kappa shape index (κ3) is 5.22. The molecule has 2 aliphatic heterocycles. The molecule has 0 saturated carbocycles. The topological polar surface area (TPSA) is 87.2 Å². The van der Waals surface area contributed by atoms with Crippen LogP contribution in [0.15, 0.2) is 24.3 Å². The van der Waals surface area contributed by atoms with Crippen molar-refractivity contribution in [3.8, 4) is 0 Å². The normalized spacial score (nSPS) is 21.8. The van der Waals surface area contributed by atoms with Crippen LogP contribution in [0.2, 0.25) is 5.02 Å². The van der Waals surface area contributed by atoms with Crippen molar-refractivity contribution >= 4 is 33.5 Å². The van der Waals surface area contributed by atoms with Gasteiger partial charge in [0.15, 0.2) is 0 Å². The zero-order chi connectivity index (χ0) is 22.6. The first-order valence-electron chi connectivity index (χ1n) is 10.6. The van der Waals surface area contributed by atoms with Gasteiger partial charge in [-0.3, -0.25) is 9.69 Å². The maximum Gasteiger partial charge on any atom is 0.327 e. The van der Waals surface area contributed by atoms with Gasteiger partial charge in [0, 0.05) is 37.7 Å². The zero-order valence-corrected chi connectivity index (χ0v) is 19.6. The van der Waals surface area contributed by atoms with Gasteiger partial charge >= 0.3 is 5.97 Å². The quantitative estimate of drug-likeness (QED) is 0.564. The molecule has 1 aromatic rings. The molecule has 31 heavy (non-hydrogen) atoms. The van der Waals surface area contributed by atoms with Crippen LogP contribution in [0.3, 0.4) is 0 Å². The predicted molar refractivity (Wildman–Crippen MR) is 118 cm³/mol. The molecular formula is C21H30ClN3O5S. The number of hydrogen-bond donors (Lipinski definition) is 0. The van der Waals surface area contributed by atoms with Crippen LogP contribution in [-0.4, -0.2) is 86.0 Å². The van der Waals surface area contributed by atoms with Crippen molar-refractivity contribution in [3.05, 3.63) is 34.9 Å². The Hall–Kier alpha value is -1.68. The number of esters is 1. The van der Waals surface area contributed by atoms with E-state index in [-0.39, 0.29) is 11.7 Å². The summed E-state index contributed by atoms with van der Waals surface area (Å²) in [6.07, 6.45) is 1.76. The molecule has 0 aliphatic carbocycles. The number of piperazine rings is 1. The Bertz CT molecular complexity index is 902. The predicted octanol–water partition coefficient (Wildman–Crippen LogP) is 1.90. The summed E-state index contributed by atoms with van der Waals surface area (Å²) in [5.41, 5.74) is 0.670. The van der Waals surface area contributed by atoms with Gasteiger partial charge in [0.05, 0.1) is 12.9 Å². The van der Waals surface area contributed by atoms with E-state index < -0.39 is 28.1 Å². The lowest BCUT2D eigenvalue weighted by Crippen LogP contribution is -2.55. The molecule has 10 heteroatoms. The van der Waals surface area contributed by atoms with Gasteiger partial charge in [0.1, 0.15) is 12.1 Å². The molecule has 172 valence electrons. The van der Waals surface area contributed by atoms with Crippen LogP contribution in [0.5, 0.6) is 0 Å². The monoisotopic (exact) mass is 471 g/mol. The summed E-state index contributed by atoms with van der Waals surface area (Å²) in [7, 11) is -2.08. The van der Waals surface area contributed by atoms with Gasteiger partial charge < -0.3 is 9.64 Å². The van der Waals surface area contributed by atoms with E-state index in [2.05, 4.69) is 0 Å². The van der Waals surface area contributed by atoms with Crippen LogP contribution < -0.4 is 0 Å². The Kier molecular flexibility index (Phi) is 7.96. The Morgan fingerprint density at radius 2 is 1.84 bits per heavy atom. The summed E-state index contributed by atoms with van der Waals surface area (Å²) in [5, 5.41) is 0.485. The van der Waals surface area contributed by atoms with E-state index >= 15 is 0 Å². The van der Waals surface area contributed by atoms with Crippen LogP contribution in [0.1, 0.15) is 37.8 Å². The second-order valence-corrected chi connectivity index (χ2v) is 10.3. The lowest BCUT2D eigenvalue weighted by Gasteiger charge is -2.39. The van der Waals surface area contributed by atoms with E-state index in [4.69, 9.17) is 16.3 Å². The highest BCUT2D eigenvalue weighted by Gasteiger charge is 2.41. The molecule has 8 nitrogen and oxygen atoms in total. The largest absolute Gasteiger partial charge is 0.468 e. The fourth-order valence-electron chi connectivity index (χ4n) is 4.39. The molecule has 2 fully saturated rings. The molecule has 1 amide bonds. The molecule has 2 atom stereocenters. The molecule has 2 aliphatic rings. The number of hydrogen-bond acceptors (Lipinski definition) is 6. The summed E-state index contributed by atoms with van der Waals surface area (Å²) in [5.74, 6) is -0.492. The van der Waals surface area contributed by atoms with Gasteiger partial charge in [-0.1, -0.05) is 36.7 Å². The highest BCUT2D eigenvalue weighted by molar-refractivity contribution is 7.89. The molecule has 2 saturated heterocycles. The Morgan fingerprint density at radius 3 is 2.45 bits per heavy atom. The van der Waals surface area contributed by atoms with Gasteiger partial charge in [-0.25, -0.2) is 13.2 Å². The summed E-state index contributed by atoms with van der Waals surface area (Å²) in [6, 6.07) is 5.89. The Morgan fingerprint density at radius 1 is 1.16 bits per heavy atom. The zero-order valence-electron chi connectivity index (χ0n) is 18.0. The van der Waals surface area contributed by atoms with E-state index in [9.17, 15) is 18.0 Å². The highest BCUT2D eigenvalue weighted by Crippen LogP contribution is 2.30. The van der Waals surface area contributed by atoms with Crippen molar-refractivity contribution in [1.82, 2.24) is 14.1 Å². The standard InChI is InChI=1S/C21H30ClN3O5S/c1-3-15-31(28,29)25-10-6-9-18(25)20(26)24-13-11-23(12-14-24)19(21(27)30-2)16-7-4-5-8-17(16)22/h4-5,7-8,18-19H,3,6,9-15H2,1-2H3. The maximum atomic E-state index is 13.1. The number of benzene rings is 1. The molecule has 0 N–H and O–H groups in total. The molecular weight excluding hydrogens is 442 g/mol. The second-order valence-electron chi connectivity index (χ2n) is 7.89. The van der Waals surface area contributed by atoms with Gasteiger partial charge in [-0.05, 0) is 30.9 Å². The lowest BCUT2D eigenvalue weighted by molar-refractivity contribution is -0.149. The first-order chi connectivity index (χ1) is 14.8. The first-order valence-corrected chi connectivity index (χ1v) is 12.6. The number of carbonyl (C=O) groups is 2. The average Bonchev–Trinajstić information content (AvgIpc) is 3.26. The molecule has 0 aromatic heterocycles. The third-order valence-electron chi connectivity index (χ3n) is 5.92. The van der Waals surface area contributed by atoms with Gasteiger partial charge in [-0.2, -0.15) is 4.31 Å². The molecule has 0 bridgehead atoms. The van der Waals surface area contributed by atoms with E-state index in [0.29, 0.717) is 62.6 Å². The minimum absolute atomic E-state index is 0.0587. The number of ether oxygens (including phenoxy) is 1. The Labute approximate surface area is 189 Å². The summed E-state index contributed by atoms with van der Waals surface area (Å²) < 4.78 is 31.5. The number of sulfonamides is 1. The van der Waals surface area contributed by atoms with E-state index in [1.54, 1.807) is 23.1 Å². The summed E-state index contributed by atoms with van der Waals surface area (Å²) in [4.78, 5) is 29.3. The molecule has 0 radical (unpaired) electrons. The number of nitrogens with zero attached hydrogens (tertiary/aromatic N) is 3. The van der Waals surface area contributed by atoms with Crippen molar-refractivity contribution in [2.24, 2.45) is 0 Å². The SMILES string of the molecule is CCCS(=O)(=O)N1CCCC1C(=O)N1CCN(C(C(=O)OC)c2ccccc2Cl)CC1. The minimum Gasteiger partial charge on any atom is -0.468 e. The minimum atomic E-state index is -3.42. The number of rotatable bonds is 7. The van der Waals surface area contributed by atoms with Crippen molar-refractivity contribution in [3.63, 3.8) is 0 Å². The van der Waals surface area contributed by atoms with Crippen molar-refractivity contribution in [1.29, 1.82) is 0 Å². The fourth-order valence-corrected chi connectivity index (χ4v) is 6.37. The van der Waals surface area contributed by atoms with Crippen molar-refractivity contribution in [2.75, 3.05) is 45.6 Å². The molecule has 1 aromatic carbocycles. The second kappa shape index (κ2) is 10.3. The number of amides is 1. The number of halogens is 1. The van der Waals surface area contributed by atoms with Crippen molar-refractivity contribution in [2.45, 2.75) is 38.3 Å². The van der Waals surface area contributed by atoms with Gasteiger partial charge in [0.25, 0.3) is 0 Å². The van der Waals surface area contributed by atoms with Gasteiger partial charge in [0.2, 0.25) is 15.9 Å². The maximum absolute atomic E-state index is 13.1. The van der Waals surface area contributed by atoms with Crippen LogP contribution in [0.4, 0.5) is 0 Å². The number of carbonyl (C=O) groups excluding carboxylic acids is 2. The smallest absolute Gasteiger partial charge is 0.327 e. The van der Waals surface area contributed by atoms with Crippen LogP contribution in [0.25, 0.3) is 0 Å². The van der Waals surface area contributed by atoms with Gasteiger partial charge in [-0.15, -0.1) is 0 Å². The van der Waals surface area contributed by atoms with Crippen LogP contribution in [0, 0.1) is 0 Å². The molecule has 0 spiro atoms.